The van der Waals surface area contributed by atoms with E-state index in [2.05, 4.69) is 5.32 Å². The first-order valence-corrected chi connectivity index (χ1v) is 12.4. The lowest BCUT2D eigenvalue weighted by Gasteiger charge is -2.47. The Morgan fingerprint density at radius 1 is 0.865 bits per heavy atom. The Kier molecular flexibility index (Phi) is 11.0. The average Bonchev–Trinajstić information content (AvgIpc) is 3.15. The van der Waals surface area contributed by atoms with E-state index >= 15 is 0 Å². The molecule has 37 heavy (non-hydrogen) atoms. The number of ether oxygens (including phenoxy) is 4. The highest BCUT2D eigenvalue weighted by Crippen LogP contribution is 2.32. The number of carbonyl (C=O) groups is 1. The van der Waals surface area contributed by atoms with Crippen LogP contribution in [-0.2, 0) is 23.7 Å². The second-order valence-electron chi connectivity index (χ2n) is 9.70. The van der Waals surface area contributed by atoms with Crippen LogP contribution >= 0.6 is 0 Å². The summed E-state index contributed by atoms with van der Waals surface area (Å²) < 4.78 is 22.8. The number of aliphatic hydroxyl groups excluding tert-OH is 6. The molecule has 3 aliphatic rings. The molecule has 16 nitrogen and oxygen atoms in total. The predicted octanol–water partition coefficient (Wildman–Crippen LogP) is -6.76. The highest BCUT2D eigenvalue weighted by atomic mass is 16.7. The van der Waals surface area contributed by atoms with Crippen LogP contribution < -0.4 is 28.3 Å². The van der Waals surface area contributed by atoms with Crippen molar-refractivity contribution in [2.24, 2.45) is 22.9 Å². The maximum atomic E-state index is 12.3. The predicted molar refractivity (Wildman–Crippen MR) is 124 cm³/mol. The van der Waals surface area contributed by atoms with Gasteiger partial charge in [0.15, 0.2) is 12.6 Å². The Balaban J connectivity index is 1.82. The van der Waals surface area contributed by atoms with Gasteiger partial charge in [0.05, 0.1) is 18.7 Å². The first kappa shape index (κ1) is 30.5. The molecule has 3 fully saturated rings. The highest BCUT2D eigenvalue weighted by molar-refractivity contribution is 5.76. The van der Waals surface area contributed by atoms with Gasteiger partial charge in [-0.1, -0.05) is 0 Å². The monoisotopic (exact) mass is 539 g/mol. The van der Waals surface area contributed by atoms with Crippen LogP contribution in [-0.4, -0.2) is 142 Å². The minimum absolute atomic E-state index is 0.0451. The van der Waals surface area contributed by atoms with E-state index in [9.17, 15) is 35.4 Å². The van der Waals surface area contributed by atoms with Gasteiger partial charge in [-0.15, -0.1) is 0 Å². The number of amides is 1. The van der Waals surface area contributed by atoms with E-state index in [0.29, 0.717) is 13.0 Å². The summed E-state index contributed by atoms with van der Waals surface area (Å²) in [6, 6.07) is -2.99. The van der Waals surface area contributed by atoms with E-state index in [0.717, 1.165) is 0 Å². The van der Waals surface area contributed by atoms with E-state index in [4.69, 9.17) is 41.9 Å². The molecule has 0 aromatic rings. The van der Waals surface area contributed by atoms with Crippen molar-refractivity contribution in [3.8, 4) is 0 Å². The van der Waals surface area contributed by atoms with Crippen molar-refractivity contribution >= 4 is 5.91 Å². The highest BCUT2D eigenvalue weighted by Gasteiger charge is 2.52. The molecule has 2 heterocycles. The average molecular weight is 540 g/mol. The van der Waals surface area contributed by atoms with Gasteiger partial charge in [-0.3, -0.25) is 4.79 Å². The molecule has 15 N–H and O–H groups in total. The molecular formula is C21H41N5O11. The van der Waals surface area contributed by atoms with E-state index in [1.54, 1.807) is 0 Å². The van der Waals surface area contributed by atoms with Gasteiger partial charge < -0.3 is 77.8 Å². The summed E-state index contributed by atoms with van der Waals surface area (Å²) in [4.78, 5) is 12.3. The van der Waals surface area contributed by atoms with Gasteiger partial charge in [0.1, 0.15) is 54.9 Å². The zero-order valence-corrected chi connectivity index (χ0v) is 20.4. The van der Waals surface area contributed by atoms with Crippen molar-refractivity contribution in [2.45, 2.75) is 105 Å². The number of hydrogen-bond donors (Lipinski definition) is 11. The summed E-state index contributed by atoms with van der Waals surface area (Å²) >= 11 is 0. The summed E-state index contributed by atoms with van der Waals surface area (Å²) in [7, 11) is 0. The van der Waals surface area contributed by atoms with Gasteiger partial charge in [-0.25, -0.2) is 0 Å². The molecule has 216 valence electrons. The standard InChI is InChI=1S/C21H41N5O11/c22-3-1-2-11(28)26-8-4-7(24)18(36-20-12(25)16(32)14(30)9(5-23)34-20)19(13(8)29)37-21-17(33)15(31)10(6-27)35-21/h7-10,12-21,27,29-33H,1-6,22-25H2,(H,26,28). The lowest BCUT2D eigenvalue weighted by Crippen LogP contribution is -2.68. The van der Waals surface area contributed by atoms with Crippen LogP contribution in [0.4, 0.5) is 0 Å². The minimum atomic E-state index is -1.58. The van der Waals surface area contributed by atoms with Crippen LogP contribution in [0.3, 0.4) is 0 Å². The fraction of sp³-hybridized carbons (Fsp3) is 0.952. The summed E-state index contributed by atoms with van der Waals surface area (Å²) in [5.41, 5.74) is 23.4. The number of rotatable bonds is 10. The SMILES string of the molecule is NCCCC(=O)NC1CC(N)C(OC2OC(CN)C(O)C(O)C2N)C(OC2OC(CO)C(O)C2O)C1O. The molecule has 1 amide bonds. The maximum absolute atomic E-state index is 12.3. The normalized spacial score (nSPS) is 46.6. The van der Waals surface area contributed by atoms with Gasteiger partial charge in [0, 0.05) is 19.0 Å². The summed E-state index contributed by atoms with van der Waals surface area (Å²) in [5, 5.41) is 64.2. The van der Waals surface area contributed by atoms with Crippen LogP contribution in [0.2, 0.25) is 0 Å². The van der Waals surface area contributed by atoms with Crippen LogP contribution in [0.1, 0.15) is 19.3 Å². The van der Waals surface area contributed by atoms with E-state index in [1.165, 1.54) is 0 Å². The second kappa shape index (κ2) is 13.3. The minimum Gasteiger partial charge on any atom is -0.394 e. The topological polar surface area (TPSA) is 291 Å². The molecule has 1 saturated carbocycles. The molecule has 2 aliphatic heterocycles. The Bertz CT molecular complexity index is 739. The molecule has 1 aliphatic carbocycles. The number of nitrogens with two attached hydrogens (primary N) is 4. The number of nitrogens with one attached hydrogen (secondary N) is 1. The second-order valence-corrected chi connectivity index (χ2v) is 9.70. The Labute approximate surface area is 213 Å². The van der Waals surface area contributed by atoms with Crippen LogP contribution in [0.15, 0.2) is 0 Å². The van der Waals surface area contributed by atoms with Gasteiger partial charge in [-0.2, -0.15) is 0 Å². The zero-order valence-electron chi connectivity index (χ0n) is 20.4. The first-order chi connectivity index (χ1) is 17.5. The van der Waals surface area contributed by atoms with Gasteiger partial charge >= 0.3 is 0 Å². The molecule has 0 spiro atoms. The molecule has 14 atom stereocenters. The van der Waals surface area contributed by atoms with Crippen LogP contribution in [0, 0.1) is 0 Å². The third-order valence-corrected chi connectivity index (χ3v) is 7.04. The van der Waals surface area contributed by atoms with Gasteiger partial charge in [0.25, 0.3) is 0 Å². The third-order valence-electron chi connectivity index (χ3n) is 7.04. The Morgan fingerprint density at radius 3 is 2.08 bits per heavy atom. The lowest BCUT2D eigenvalue weighted by atomic mass is 9.83. The largest absolute Gasteiger partial charge is 0.394 e. The smallest absolute Gasteiger partial charge is 0.220 e. The Hall–Kier alpha value is -1.09. The number of carbonyl (C=O) groups excluding carboxylic acids is 1. The summed E-state index contributed by atoms with van der Waals surface area (Å²) in [6.07, 6.45) is -14.1. The lowest BCUT2D eigenvalue weighted by molar-refractivity contribution is -0.307. The fourth-order valence-corrected chi connectivity index (χ4v) is 4.81. The maximum Gasteiger partial charge on any atom is 0.220 e. The van der Waals surface area contributed by atoms with Crippen LogP contribution in [0.25, 0.3) is 0 Å². The fourth-order valence-electron chi connectivity index (χ4n) is 4.81. The van der Waals surface area contributed by atoms with Crippen molar-refractivity contribution in [1.82, 2.24) is 5.32 Å². The van der Waals surface area contributed by atoms with Crippen molar-refractivity contribution < 1.29 is 54.4 Å². The third kappa shape index (κ3) is 6.74. The van der Waals surface area contributed by atoms with E-state index in [1.807, 2.05) is 0 Å². The van der Waals surface area contributed by atoms with E-state index in [-0.39, 0.29) is 25.3 Å². The quantitative estimate of drug-likeness (QED) is 0.123. The molecule has 0 bridgehead atoms. The summed E-state index contributed by atoms with van der Waals surface area (Å²) in [5.74, 6) is -0.367. The number of hydrogen-bond acceptors (Lipinski definition) is 15. The van der Waals surface area contributed by atoms with Gasteiger partial charge in [-0.05, 0) is 19.4 Å². The Morgan fingerprint density at radius 2 is 1.49 bits per heavy atom. The molecule has 0 aromatic carbocycles. The van der Waals surface area contributed by atoms with Crippen molar-refractivity contribution in [2.75, 3.05) is 19.7 Å². The van der Waals surface area contributed by atoms with Crippen molar-refractivity contribution in [1.29, 1.82) is 0 Å². The number of aliphatic hydroxyl groups is 6. The van der Waals surface area contributed by atoms with Crippen molar-refractivity contribution in [3.63, 3.8) is 0 Å². The van der Waals surface area contributed by atoms with Gasteiger partial charge in [0.2, 0.25) is 5.91 Å². The molecule has 14 unspecified atom stereocenters. The molecule has 3 rings (SSSR count). The molecule has 2 saturated heterocycles. The molecule has 16 heteroatoms. The first-order valence-electron chi connectivity index (χ1n) is 12.4. The zero-order chi connectivity index (χ0) is 27.4. The molecule has 0 aromatic heterocycles. The van der Waals surface area contributed by atoms with Crippen molar-refractivity contribution in [3.05, 3.63) is 0 Å². The van der Waals surface area contributed by atoms with E-state index < -0.39 is 92.2 Å². The molecule has 0 radical (unpaired) electrons. The summed E-state index contributed by atoms with van der Waals surface area (Å²) in [6.45, 7) is -0.446. The molecular weight excluding hydrogens is 498 g/mol. The van der Waals surface area contributed by atoms with Crippen LogP contribution in [0.5, 0.6) is 0 Å².